The molecule has 0 fully saturated rings. The maximum absolute atomic E-state index is 12.5. The van der Waals surface area contributed by atoms with Crippen LogP contribution in [0.4, 0.5) is 0 Å². The summed E-state index contributed by atoms with van der Waals surface area (Å²) in [6, 6.07) is 20.3. The summed E-state index contributed by atoms with van der Waals surface area (Å²) in [7, 11) is -2.35. The summed E-state index contributed by atoms with van der Waals surface area (Å²) in [6.45, 7) is 0.246. The van der Waals surface area contributed by atoms with Crippen molar-refractivity contribution in [3.63, 3.8) is 0 Å². The van der Waals surface area contributed by atoms with E-state index in [-0.39, 0.29) is 17.3 Å². The Morgan fingerprint density at radius 1 is 1.00 bits per heavy atom. The van der Waals surface area contributed by atoms with E-state index in [2.05, 4.69) is 29.6 Å². The van der Waals surface area contributed by atoms with Gasteiger partial charge in [0.05, 0.1) is 11.4 Å². The predicted octanol–water partition coefficient (Wildman–Crippen LogP) is 3.86. The zero-order chi connectivity index (χ0) is 20.9. The van der Waals surface area contributed by atoms with E-state index < -0.39 is 10.0 Å². The Labute approximate surface area is 176 Å². The Morgan fingerprint density at radius 3 is 2.45 bits per heavy atom. The van der Waals surface area contributed by atoms with Gasteiger partial charge < -0.3 is 5.32 Å². The van der Waals surface area contributed by atoms with Gasteiger partial charge in [-0.25, -0.2) is 8.42 Å². The molecule has 3 rings (SSSR count). The van der Waals surface area contributed by atoms with Gasteiger partial charge in [0, 0.05) is 18.6 Å². The average Bonchev–Trinajstić information content (AvgIpc) is 2.71. The highest BCUT2D eigenvalue weighted by Crippen LogP contribution is 2.20. The van der Waals surface area contributed by atoms with Gasteiger partial charge in [0.25, 0.3) is 0 Å². The summed E-state index contributed by atoms with van der Waals surface area (Å²) in [5, 5.41) is 5.67. The molecule has 0 unspecified atom stereocenters. The van der Waals surface area contributed by atoms with Crippen molar-refractivity contribution in [2.45, 2.75) is 17.7 Å². The first kappa shape index (κ1) is 21.3. The van der Waals surface area contributed by atoms with Crippen molar-refractivity contribution in [3.8, 4) is 0 Å². The third kappa shape index (κ3) is 5.35. The fourth-order valence-electron chi connectivity index (χ4n) is 3.15. The standard InChI is InChI=1S/C22H23ClN2O3S/c1-25(29(27,28)20-13-11-19(23)12-14-20)16-22(26)24-15-5-9-18-8-4-7-17-6-2-3-10-21(17)18/h2-4,6-8,10-14H,5,9,15-16H2,1H3,(H,24,26). The molecule has 0 spiro atoms. The van der Waals surface area contributed by atoms with E-state index in [0.717, 1.165) is 17.1 Å². The number of benzene rings is 3. The lowest BCUT2D eigenvalue weighted by atomic mass is 10.0. The molecule has 0 aliphatic heterocycles. The van der Waals surface area contributed by atoms with E-state index in [9.17, 15) is 13.2 Å². The average molecular weight is 431 g/mol. The molecule has 5 nitrogen and oxygen atoms in total. The molecule has 1 amide bonds. The number of hydrogen-bond donors (Lipinski definition) is 1. The molecule has 29 heavy (non-hydrogen) atoms. The third-order valence-corrected chi connectivity index (χ3v) is 6.78. The lowest BCUT2D eigenvalue weighted by Gasteiger charge is -2.17. The number of nitrogens with one attached hydrogen (secondary N) is 1. The Hall–Kier alpha value is -2.41. The van der Waals surface area contributed by atoms with Crippen molar-refractivity contribution in [3.05, 3.63) is 77.3 Å². The molecule has 1 N–H and O–H groups in total. The lowest BCUT2D eigenvalue weighted by molar-refractivity contribution is -0.121. The molecule has 0 radical (unpaired) electrons. The smallest absolute Gasteiger partial charge is 0.243 e. The van der Waals surface area contributed by atoms with Crippen LogP contribution < -0.4 is 5.32 Å². The molecule has 0 saturated heterocycles. The minimum Gasteiger partial charge on any atom is -0.355 e. The van der Waals surface area contributed by atoms with Gasteiger partial charge in [0.2, 0.25) is 15.9 Å². The number of sulfonamides is 1. The van der Waals surface area contributed by atoms with Crippen LogP contribution in [0.15, 0.2) is 71.6 Å². The quantitative estimate of drug-likeness (QED) is 0.552. The Bertz CT molecular complexity index is 1090. The van der Waals surface area contributed by atoms with Gasteiger partial charge in [-0.05, 0) is 53.4 Å². The highest BCUT2D eigenvalue weighted by molar-refractivity contribution is 7.89. The zero-order valence-corrected chi connectivity index (χ0v) is 17.7. The van der Waals surface area contributed by atoms with Crippen LogP contribution in [0, 0.1) is 0 Å². The molecule has 3 aromatic carbocycles. The third-order valence-electron chi connectivity index (χ3n) is 4.71. The van der Waals surface area contributed by atoms with Gasteiger partial charge >= 0.3 is 0 Å². The molecule has 7 heteroatoms. The number of carbonyl (C=O) groups is 1. The van der Waals surface area contributed by atoms with Gasteiger partial charge in [-0.1, -0.05) is 54.1 Å². The van der Waals surface area contributed by atoms with Gasteiger partial charge in [0.1, 0.15) is 0 Å². The first-order valence-electron chi connectivity index (χ1n) is 9.33. The van der Waals surface area contributed by atoms with Crippen molar-refractivity contribution in [2.24, 2.45) is 0 Å². The van der Waals surface area contributed by atoms with Crippen LogP contribution in [0.1, 0.15) is 12.0 Å². The van der Waals surface area contributed by atoms with Gasteiger partial charge in [-0.15, -0.1) is 0 Å². The van der Waals surface area contributed by atoms with E-state index in [0.29, 0.717) is 11.6 Å². The number of likely N-dealkylation sites (N-methyl/N-ethyl adjacent to an activating group) is 1. The fourth-order valence-corrected chi connectivity index (χ4v) is 4.40. The number of carbonyl (C=O) groups excluding carboxylic acids is 1. The highest BCUT2D eigenvalue weighted by atomic mass is 35.5. The molecular formula is C22H23ClN2O3S. The number of nitrogens with zero attached hydrogens (tertiary/aromatic N) is 1. The van der Waals surface area contributed by atoms with E-state index >= 15 is 0 Å². The minimum atomic E-state index is -3.73. The molecule has 0 aliphatic rings. The molecule has 0 atom stereocenters. The monoisotopic (exact) mass is 430 g/mol. The molecule has 0 aliphatic carbocycles. The highest BCUT2D eigenvalue weighted by Gasteiger charge is 2.22. The van der Waals surface area contributed by atoms with Crippen molar-refractivity contribution in [1.82, 2.24) is 9.62 Å². The van der Waals surface area contributed by atoms with E-state index in [1.807, 2.05) is 18.2 Å². The lowest BCUT2D eigenvalue weighted by Crippen LogP contribution is -2.38. The molecule has 0 bridgehead atoms. The summed E-state index contributed by atoms with van der Waals surface area (Å²) in [6.07, 6.45) is 1.61. The van der Waals surface area contributed by atoms with Crippen molar-refractivity contribution >= 4 is 38.3 Å². The number of halogens is 1. The topological polar surface area (TPSA) is 66.5 Å². The van der Waals surface area contributed by atoms with E-state index in [1.165, 1.54) is 47.6 Å². The second-order valence-corrected chi connectivity index (χ2v) is 9.29. The fraction of sp³-hybridized carbons (Fsp3) is 0.227. The summed E-state index contributed by atoms with van der Waals surface area (Å²) in [5.41, 5.74) is 1.24. The van der Waals surface area contributed by atoms with Crippen LogP contribution in [0.2, 0.25) is 5.02 Å². The number of hydrogen-bond acceptors (Lipinski definition) is 3. The molecule has 152 valence electrons. The maximum atomic E-state index is 12.5. The van der Waals surface area contributed by atoms with Crippen LogP contribution in [0.25, 0.3) is 10.8 Å². The van der Waals surface area contributed by atoms with Gasteiger partial charge in [0.15, 0.2) is 0 Å². The first-order valence-corrected chi connectivity index (χ1v) is 11.1. The molecule has 3 aromatic rings. The summed E-state index contributed by atoms with van der Waals surface area (Å²) in [5.74, 6) is -0.331. The second kappa shape index (κ2) is 9.39. The van der Waals surface area contributed by atoms with Crippen LogP contribution in [0.3, 0.4) is 0 Å². The molecule has 0 aromatic heterocycles. The Morgan fingerprint density at radius 2 is 1.69 bits per heavy atom. The SMILES string of the molecule is CN(CC(=O)NCCCc1cccc2ccccc12)S(=O)(=O)c1ccc(Cl)cc1. The second-order valence-electron chi connectivity index (χ2n) is 6.81. The van der Waals surface area contributed by atoms with Gasteiger partial charge in [-0.3, -0.25) is 4.79 Å². The van der Waals surface area contributed by atoms with Crippen molar-refractivity contribution in [1.29, 1.82) is 0 Å². The number of rotatable bonds is 8. The largest absolute Gasteiger partial charge is 0.355 e. The zero-order valence-electron chi connectivity index (χ0n) is 16.1. The normalized spacial score (nSPS) is 11.7. The van der Waals surface area contributed by atoms with Crippen molar-refractivity contribution in [2.75, 3.05) is 20.1 Å². The van der Waals surface area contributed by atoms with Crippen LogP contribution in [-0.2, 0) is 21.2 Å². The van der Waals surface area contributed by atoms with Crippen LogP contribution in [0.5, 0.6) is 0 Å². The van der Waals surface area contributed by atoms with E-state index in [4.69, 9.17) is 11.6 Å². The molecule has 0 heterocycles. The van der Waals surface area contributed by atoms with Crippen molar-refractivity contribution < 1.29 is 13.2 Å². The Kier molecular flexibility index (Phi) is 6.90. The summed E-state index contributed by atoms with van der Waals surface area (Å²) < 4.78 is 26.1. The van der Waals surface area contributed by atoms with E-state index in [1.54, 1.807) is 0 Å². The molecular weight excluding hydrogens is 408 g/mol. The number of aryl methyl sites for hydroxylation is 1. The summed E-state index contributed by atoms with van der Waals surface area (Å²) >= 11 is 5.80. The summed E-state index contributed by atoms with van der Waals surface area (Å²) in [4.78, 5) is 12.3. The molecule has 0 saturated carbocycles. The Balaban J connectivity index is 1.50. The minimum absolute atomic E-state index is 0.105. The van der Waals surface area contributed by atoms with Crippen LogP contribution in [-0.4, -0.2) is 38.8 Å². The van der Waals surface area contributed by atoms with Gasteiger partial charge in [-0.2, -0.15) is 4.31 Å². The number of amides is 1. The predicted molar refractivity (Wildman–Crippen MR) is 117 cm³/mol. The number of fused-ring (bicyclic) bond motifs is 1. The maximum Gasteiger partial charge on any atom is 0.243 e. The first-order chi connectivity index (χ1) is 13.9. The van der Waals surface area contributed by atoms with Crippen LogP contribution >= 0.6 is 11.6 Å².